The monoisotopic (exact) mass is 427 g/mol. The molecular formula is C22H29N5O2S. The summed E-state index contributed by atoms with van der Waals surface area (Å²) in [4.78, 5) is 13.1. The SMILES string of the molecule is CC(C)CN(CC(C)C)c1ccc([N+](=O)[O-])cc1/C=N/NC(=S)Nc1ccccc1. The van der Waals surface area contributed by atoms with E-state index in [1.54, 1.807) is 18.3 Å². The first-order valence-corrected chi connectivity index (χ1v) is 10.4. The average molecular weight is 428 g/mol. The zero-order valence-electron chi connectivity index (χ0n) is 17.8. The number of rotatable bonds is 9. The first-order chi connectivity index (χ1) is 14.3. The molecular weight excluding hydrogens is 398 g/mol. The van der Waals surface area contributed by atoms with Crippen LogP contribution in [0.1, 0.15) is 33.3 Å². The summed E-state index contributed by atoms with van der Waals surface area (Å²) in [5.41, 5.74) is 5.23. The van der Waals surface area contributed by atoms with Crippen LogP contribution in [0.25, 0.3) is 0 Å². The van der Waals surface area contributed by atoms with E-state index in [1.807, 2.05) is 30.3 Å². The highest BCUT2D eigenvalue weighted by Gasteiger charge is 2.17. The van der Waals surface area contributed by atoms with E-state index in [9.17, 15) is 10.1 Å². The minimum atomic E-state index is -0.397. The van der Waals surface area contributed by atoms with Gasteiger partial charge in [-0.1, -0.05) is 45.9 Å². The molecule has 0 aliphatic rings. The molecule has 0 atom stereocenters. The Morgan fingerprint density at radius 3 is 2.33 bits per heavy atom. The van der Waals surface area contributed by atoms with Crippen LogP contribution in [0, 0.1) is 22.0 Å². The van der Waals surface area contributed by atoms with E-state index in [0.717, 1.165) is 24.5 Å². The molecule has 0 aromatic heterocycles. The number of hydrazone groups is 1. The second-order valence-corrected chi connectivity index (χ2v) is 8.29. The summed E-state index contributed by atoms with van der Waals surface area (Å²) in [6.07, 6.45) is 1.58. The highest BCUT2D eigenvalue weighted by Crippen LogP contribution is 2.26. The predicted octanol–water partition coefficient (Wildman–Crippen LogP) is 5.03. The van der Waals surface area contributed by atoms with Crippen LogP contribution in [-0.2, 0) is 0 Å². The van der Waals surface area contributed by atoms with Gasteiger partial charge in [-0.3, -0.25) is 15.5 Å². The zero-order valence-corrected chi connectivity index (χ0v) is 18.6. The molecule has 0 radical (unpaired) electrons. The van der Waals surface area contributed by atoms with E-state index in [4.69, 9.17) is 12.2 Å². The van der Waals surface area contributed by atoms with Gasteiger partial charge in [0.05, 0.1) is 11.1 Å². The van der Waals surface area contributed by atoms with Crippen molar-refractivity contribution in [2.24, 2.45) is 16.9 Å². The lowest BCUT2D eigenvalue weighted by atomic mass is 10.1. The van der Waals surface area contributed by atoms with Crippen molar-refractivity contribution in [3.63, 3.8) is 0 Å². The molecule has 8 heteroatoms. The van der Waals surface area contributed by atoms with Gasteiger partial charge in [0.2, 0.25) is 0 Å². The van der Waals surface area contributed by atoms with Gasteiger partial charge in [0.25, 0.3) is 5.69 Å². The van der Waals surface area contributed by atoms with Crippen molar-refractivity contribution < 1.29 is 4.92 Å². The van der Waals surface area contributed by atoms with Crippen LogP contribution in [0.3, 0.4) is 0 Å². The van der Waals surface area contributed by atoms with Crippen molar-refractivity contribution >= 4 is 40.6 Å². The van der Waals surface area contributed by atoms with Gasteiger partial charge >= 0.3 is 0 Å². The zero-order chi connectivity index (χ0) is 22.1. The summed E-state index contributed by atoms with van der Waals surface area (Å²) in [5, 5.41) is 18.9. The van der Waals surface area contributed by atoms with E-state index in [0.29, 0.717) is 22.5 Å². The Labute approximate surface area is 183 Å². The van der Waals surface area contributed by atoms with E-state index >= 15 is 0 Å². The summed E-state index contributed by atoms with van der Waals surface area (Å²) in [5.74, 6) is 0.897. The second kappa shape index (κ2) is 11.3. The van der Waals surface area contributed by atoms with Crippen molar-refractivity contribution in [1.82, 2.24) is 5.43 Å². The maximum Gasteiger partial charge on any atom is 0.270 e. The number of nitro groups is 1. The van der Waals surface area contributed by atoms with Gasteiger partial charge in [-0.2, -0.15) is 5.10 Å². The number of anilines is 2. The van der Waals surface area contributed by atoms with E-state index in [-0.39, 0.29) is 5.69 Å². The molecule has 0 aliphatic carbocycles. The Balaban J connectivity index is 2.24. The molecule has 0 saturated heterocycles. The Morgan fingerprint density at radius 2 is 1.77 bits per heavy atom. The second-order valence-electron chi connectivity index (χ2n) is 7.88. The van der Waals surface area contributed by atoms with Crippen LogP contribution in [-0.4, -0.2) is 29.3 Å². The Bertz CT molecular complexity index is 874. The minimum Gasteiger partial charge on any atom is -0.370 e. The quantitative estimate of drug-likeness (QED) is 0.253. The molecule has 0 aliphatic heterocycles. The van der Waals surface area contributed by atoms with Crippen molar-refractivity contribution in [1.29, 1.82) is 0 Å². The van der Waals surface area contributed by atoms with Gasteiger partial charge in [0, 0.05) is 42.2 Å². The number of thiocarbonyl (C=S) groups is 1. The minimum absolute atomic E-state index is 0.0271. The lowest BCUT2D eigenvalue weighted by Gasteiger charge is -2.29. The van der Waals surface area contributed by atoms with Gasteiger partial charge in [-0.15, -0.1) is 0 Å². The third kappa shape index (κ3) is 7.44. The van der Waals surface area contributed by atoms with Gasteiger partial charge in [0.15, 0.2) is 5.11 Å². The van der Waals surface area contributed by atoms with Crippen LogP contribution in [0.5, 0.6) is 0 Å². The topological polar surface area (TPSA) is 82.8 Å². The molecule has 0 spiro atoms. The predicted molar refractivity (Wildman–Crippen MR) is 128 cm³/mol. The molecule has 160 valence electrons. The summed E-state index contributed by atoms with van der Waals surface area (Å²) in [7, 11) is 0. The molecule has 2 aromatic rings. The molecule has 0 saturated carbocycles. The molecule has 2 aromatic carbocycles. The fraction of sp³-hybridized carbons (Fsp3) is 0.364. The summed E-state index contributed by atoms with van der Waals surface area (Å²) < 4.78 is 0. The third-order valence-electron chi connectivity index (χ3n) is 4.14. The number of nitrogens with zero attached hydrogens (tertiary/aromatic N) is 3. The van der Waals surface area contributed by atoms with Crippen molar-refractivity contribution in [3.05, 3.63) is 64.2 Å². The molecule has 2 N–H and O–H groups in total. The first kappa shape index (κ1) is 23.3. The number of non-ortho nitro benzene ring substituents is 1. The molecule has 7 nitrogen and oxygen atoms in total. The highest BCUT2D eigenvalue weighted by atomic mass is 32.1. The van der Waals surface area contributed by atoms with E-state index in [2.05, 4.69) is 48.4 Å². The number of nitrogens with one attached hydrogen (secondary N) is 2. The van der Waals surface area contributed by atoms with Gasteiger partial charge < -0.3 is 10.2 Å². The average Bonchev–Trinajstić information content (AvgIpc) is 2.67. The van der Waals surface area contributed by atoms with Crippen molar-refractivity contribution in [2.45, 2.75) is 27.7 Å². The van der Waals surface area contributed by atoms with E-state index in [1.165, 1.54) is 6.07 Å². The number of benzene rings is 2. The summed E-state index contributed by atoms with van der Waals surface area (Å²) >= 11 is 5.26. The van der Waals surface area contributed by atoms with Crippen molar-refractivity contribution in [2.75, 3.05) is 23.3 Å². The maximum atomic E-state index is 11.3. The lowest BCUT2D eigenvalue weighted by Crippen LogP contribution is -2.32. The van der Waals surface area contributed by atoms with Crippen LogP contribution in [0.2, 0.25) is 0 Å². The lowest BCUT2D eigenvalue weighted by molar-refractivity contribution is -0.384. The summed E-state index contributed by atoms with van der Waals surface area (Å²) in [6, 6.07) is 14.4. The number of nitro benzene ring substituents is 1. The Morgan fingerprint density at radius 1 is 1.13 bits per heavy atom. The number of para-hydroxylation sites is 1. The maximum absolute atomic E-state index is 11.3. The number of hydrogen-bond acceptors (Lipinski definition) is 5. The molecule has 0 amide bonds. The standard InChI is InChI=1S/C22H29N5O2S/c1-16(2)14-26(15-17(3)4)21-11-10-20(27(28)29)12-18(21)13-23-25-22(30)24-19-8-6-5-7-9-19/h5-13,16-17H,14-15H2,1-4H3,(H2,24,25,30)/b23-13+. The molecule has 2 rings (SSSR count). The van der Waals surface area contributed by atoms with Crippen LogP contribution in [0.15, 0.2) is 53.6 Å². The molecule has 0 bridgehead atoms. The van der Waals surface area contributed by atoms with Gasteiger partial charge in [-0.25, -0.2) is 0 Å². The largest absolute Gasteiger partial charge is 0.370 e. The third-order valence-corrected chi connectivity index (χ3v) is 4.33. The van der Waals surface area contributed by atoms with Crippen LogP contribution < -0.4 is 15.6 Å². The Kier molecular flexibility index (Phi) is 8.73. The molecule has 0 unspecified atom stereocenters. The summed E-state index contributed by atoms with van der Waals surface area (Å²) in [6.45, 7) is 10.3. The molecule has 0 fully saturated rings. The fourth-order valence-corrected chi connectivity index (χ4v) is 3.21. The smallest absolute Gasteiger partial charge is 0.270 e. The molecule has 30 heavy (non-hydrogen) atoms. The van der Waals surface area contributed by atoms with Crippen molar-refractivity contribution in [3.8, 4) is 0 Å². The Hall–Kier alpha value is -3.00. The number of hydrogen-bond donors (Lipinski definition) is 2. The first-order valence-electron chi connectivity index (χ1n) is 9.94. The van der Waals surface area contributed by atoms with Crippen LogP contribution >= 0.6 is 12.2 Å². The van der Waals surface area contributed by atoms with Crippen LogP contribution in [0.4, 0.5) is 17.1 Å². The highest BCUT2D eigenvalue weighted by molar-refractivity contribution is 7.80. The normalized spacial score (nSPS) is 11.1. The van der Waals surface area contributed by atoms with E-state index < -0.39 is 4.92 Å². The molecule has 0 heterocycles. The van der Waals surface area contributed by atoms with Gasteiger partial charge in [0.1, 0.15) is 0 Å². The fourth-order valence-electron chi connectivity index (χ4n) is 3.04. The van der Waals surface area contributed by atoms with Gasteiger partial charge in [-0.05, 0) is 42.3 Å².